The van der Waals surface area contributed by atoms with Crippen LogP contribution < -0.4 is 19.7 Å². The van der Waals surface area contributed by atoms with Gasteiger partial charge in [0.1, 0.15) is 0 Å². The molecule has 51 heavy (non-hydrogen) atoms. The van der Waals surface area contributed by atoms with Crippen LogP contribution in [0.1, 0.15) is 39.0 Å². The normalized spacial score (nSPS) is 15.9. The molecule has 0 radical (unpaired) electrons. The first kappa shape index (κ1) is 36.3. The summed E-state index contributed by atoms with van der Waals surface area (Å²) in [7, 11) is 1.65. The van der Waals surface area contributed by atoms with E-state index in [2.05, 4.69) is 47.8 Å². The SMILES string of the molecule is COc1cc2c(Cc3ccncc3)nnc(N3CCN(C(=O)C(=O)Nc4ccc(Cl)cc4)CC3)c2cc1OCC(C)(C)C(C)(C)N1CCOCC1. The Morgan fingerprint density at radius 3 is 2.22 bits per heavy atom. The predicted molar refractivity (Wildman–Crippen MR) is 198 cm³/mol. The van der Waals surface area contributed by atoms with Crippen molar-refractivity contribution in [2.75, 3.05) is 76.4 Å². The number of hydrogen-bond donors (Lipinski definition) is 1. The summed E-state index contributed by atoms with van der Waals surface area (Å²) in [4.78, 5) is 36.2. The lowest BCUT2D eigenvalue weighted by molar-refractivity contribution is -0.143. The van der Waals surface area contributed by atoms with Gasteiger partial charge < -0.3 is 29.3 Å². The van der Waals surface area contributed by atoms with Crippen LogP contribution in [0.3, 0.4) is 0 Å². The number of hydrogen-bond acceptors (Lipinski definition) is 10. The first-order valence-corrected chi connectivity index (χ1v) is 17.7. The summed E-state index contributed by atoms with van der Waals surface area (Å²) < 4.78 is 18.2. The molecule has 0 spiro atoms. The number of nitrogens with one attached hydrogen (secondary N) is 1. The van der Waals surface area contributed by atoms with Gasteiger partial charge in [0.15, 0.2) is 17.3 Å². The molecule has 4 heterocycles. The van der Waals surface area contributed by atoms with Gasteiger partial charge in [0, 0.05) is 90.5 Å². The Labute approximate surface area is 304 Å². The van der Waals surface area contributed by atoms with E-state index in [0.29, 0.717) is 67.2 Å². The number of aromatic nitrogens is 3. The molecule has 0 aliphatic carbocycles. The molecular weight excluding hydrogens is 670 g/mol. The highest BCUT2D eigenvalue weighted by Gasteiger charge is 2.43. The molecule has 2 aromatic carbocycles. The van der Waals surface area contributed by atoms with Crippen LogP contribution in [0.15, 0.2) is 60.9 Å². The molecule has 12 nitrogen and oxygen atoms in total. The van der Waals surface area contributed by atoms with Gasteiger partial charge in [-0.3, -0.25) is 19.5 Å². The third-order valence-corrected chi connectivity index (χ3v) is 10.7. The van der Waals surface area contributed by atoms with Gasteiger partial charge in [0.25, 0.3) is 0 Å². The molecule has 2 aromatic heterocycles. The van der Waals surface area contributed by atoms with Crippen molar-refractivity contribution in [3.05, 3.63) is 77.2 Å². The summed E-state index contributed by atoms with van der Waals surface area (Å²) in [5, 5.41) is 14.4. The second-order valence-electron chi connectivity index (χ2n) is 14.1. The summed E-state index contributed by atoms with van der Waals surface area (Å²) in [5.74, 6) is 0.634. The standard InChI is InChI=1S/C38H46ClN7O5/c1-37(2,38(3,4)46-18-20-50-21-19-46)25-51-33-24-30-29(23-32(33)49-5)31(22-26-10-12-40-13-11-26)42-43-34(30)44-14-16-45(17-15-44)36(48)35(47)41-28-8-6-27(39)7-9-28/h6-13,23-24H,14-22,25H2,1-5H3,(H,41,47). The molecule has 0 unspecified atom stereocenters. The van der Waals surface area contributed by atoms with Crippen molar-refractivity contribution in [2.24, 2.45) is 5.41 Å². The van der Waals surface area contributed by atoms with Crippen LogP contribution in [-0.2, 0) is 20.7 Å². The number of halogens is 1. The summed E-state index contributed by atoms with van der Waals surface area (Å²) in [6, 6.07) is 14.6. The van der Waals surface area contributed by atoms with E-state index in [9.17, 15) is 9.59 Å². The summed E-state index contributed by atoms with van der Waals surface area (Å²) in [6.07, 6.45) is 4.09. The molecule has 13 heteroatoms. The number of methoxy groups -OCH3 is 1. The molecule has 270 valence electrons. The minimum atomic E-state index is -0.690. The van der Waals surface area contributed by atoms with E-state index in [1.807, 2.05) is 24.3 Å². The fourth-order valence-electron chi connectivity index (χ4n) is 6.50. The summed E-state index contributed by atoms with van der Waals surface area (Å²) in [5.41, 5.74) is 1.98. The maximum atomic E-state index is 13.1. The number of carbonyl (C=O) groups is 2. The monoisotopic (exact) mass is 715 g/mol. The van der Waals surface area contributed by atoms with Crippen molar-refractivity contribution in [2.45, 2.75) is 39.7 Å². The Hall–Kier alpha value is -4.52. The molecule has 4 aromatic rings. The van der Waals surface area contributed by atoms with Crippen LogP contribution >= 0.6 is 11.6 Å². The lowest BCUT2D eigenvalue weighted by Crippen LogP contribution is -2.59. The summed E-state index contributed by atoms with van der Waals surface area (Å²) >= 11 is 5.96. The van der Waals surface area contributed by atoms with Crippen molar-refractivity contribution >= 4 is 45.7 Å². The molecule has 0 atom stereocenters. The number of morpholine rings is 1. The predicted octanol–water partition coefficient (Wildman–Crippen LogP) is 5.08. The number of benzene rings is 2. The second kappa shape index (κ2) is 15.4. The number of ether oxygens (including phenoxy) is 3. The zero-order valence-electron chi connectivity index (χ0n) is 29.9. The number of anilines is 2. The fourth-order valence-corrected chi connectivity index (χ4v) is 6.62. The van der Waals surface area contributed by atoms with Gasteiger partial charge in [-0.05, 0) is 67.9 Å². The average Bonchev–Trinajstić information content (AvgIpc) is 3.15. The van der Waals surface area contributed by atoms with Crippen LogP contribution in [0.5, 0.6) is 11.5 Å². The zero-order chi connectivity index (χ0) is 36.2. The van der Waals surface area contributed by atoms with Gasteiger partial charge in [-0.2, -0.15) is 5.10 Å². The molecule has 6 rings (SSSR count). The number of rotatable bonds is 10. The number of carbonyl (C=O) groups excluding carboxylic acids is 2. The molecular formula is C38H46ClN7O5. The van der Waals surface area contributed by atoms with Crippen molar-refractivity contribution < 1.29 is 23.8 Å². The Kier molecular flexibility index (Phi) is 10.9. The van der Waals surface area contributed by atoms with E-state index in [1.54, 1.807) is 48.7 Å². The number of piperazine rings is 1. The molecule has 2 aliphatic heterocycles. The highest BCUT2D eigenvalue weighted by molar-refractivity contribution is 6.39. The Morgan fingerprint density at radius 2 is 1.55 bits per heavy atom. The molecule has 0 saturated carbocycles. The maximum absolute atomic E-state index is 13.1. The van der Waals surface area contributed by atoms with Crippen molar-refractivity contribution in [3.63, 3.8) is 0 Å². The van der Waals surface area contributed by atoms with Crippen LogP contribution in [0, 0.1) is 5.41 Å². The van der Waals surface area contributed by atoms with Crippen molar-refractivity contribution in [1.29, 1.82) is 0 Å². The van der Waals surface area contributed by atoms with Gasteiger partial charge in [0.2, 0.25) is 0 Å². The highest BCUT2D eigenvalue weighted by Crippen LogP contribution is 2.41. The van der Waals surface area contributed by atoms with E-state index in [0.717, 1.165) is 48.3 Å². The van der Waals surface area contributed by atoms with E-state index in [4.69, 9.17) is 36.0 Å². The van der Waals surface area contributed by atoms with Gasteiger partial charge in [-0.25, -0.2) is 0 Å². The van der Waals surface area contributed by atoms with E-state index in [1.165, 1.54) is 0 Å². The number of pyridine rings is 1. The number of amides is 2. The van der Waals surface area contributed by atoms with Crippen LogP contribution in [0.4, 0.5) is 11.5 Å². The molecule has 2 fully saturated rings. The lowest BCUT2D eigenvalue weighted by Gasteiger charge is -2.50. The van der Waals surface area contributed by atoms with Gasteiger partial charge in [-0.15, -0.1) is 5.10 Å². The van der Waals surface area contributed by atoms with E-state index >= 15 is 0 Å². The first-order chi connectivity index (χ1) is 24.5. The number of nitrogens with zero attached hydrogens (tertiary/aromatic N) is 6. The van der Waals surface area contributed by atoms with Crippen LogP contribution in [-0.4, -0.2) is 109 Å². The van der Waals surface area contributed by atoms with Gasteiger partial charge in [0.05, 0.1) is 32.6 Å². The smallest absolute Gasteiger partial charge is 0.313 e. The third kappa shape index (κ3) is 8.03. The van der Waals surface area contributed by atoms with Crippen molar-refractivity contribution in [1.82, 2.24) is 25.0 Å². The van der Waals surface area contributed by atoms with Crippen molar-refractivity contribution in [3.8, 4) is 11.5 Å². The fraction of sp³-hybridized carbons (Fsp3) is 0.447. The Balaban J connectivity index is 1.26. The van der Waals surface area contributed by atoms with Gasteiger partial charge >= 0.3 is 11.8 Å². The highest BCUT2D eigenvalue weighted by atomic mass is 35.5. The minimum Gasteiger partial charge on any atom is -0.493 e. The molecule has 2 aliphatic rings. The quantitative estimate of drug-likeness (QED) is 0.223. The summed E-state index contributed by atoms with van der Waals surface area (Å²) in [6.45, 7) is 14.3. The molecule has 1 N–H and O–H groups in total. The Bertz CT molecular complexity index is 1840. The first-order valence-electron chi connectivity index (χ1n) is 17.3. The van der Waals surface area contributed by atoms with E-state index < -0.39 is 11.8 Å². The maximum Gasteiger partial charge on any atom is 0.313 e. The van der Waals surface area contributed by atoms with Gasteiger partial charge in [-0.1, -0.05) is 25.4 Å². The topological polar surface area (TPSA) is 122 Å². The largest absolute Gasteiger partial charge is 0.493 e. The molecule has 2 amide bonds. The molecule has 2 saturated heterocycles. The van der Waals surface area contributed by atoms with Crippen LogP contribution in [0.25, 0.3) is 10.8 Å². The lowest BCUT2D eigenvalue weighted by atomic mass is 9.73. The number of fused-ring (bicyclic) bond motifs is 1. The van der Waals surface area contributed by atoms with E-state index in [-0.39, 0.29) is 11.0 Å². The Morgan fingerprint density at radius 1 is 0.882 bits per heavy atom. The third-order valence-electron chi connectivity index (χ3n) is 10.5. The van der Waals surface area contributed by atoms with Crippen LogP contribution in [0.2, 0.25) is 5.02 Å². The molecule has 0 bridgehead atoms. The second-order valence-corrected chi connectivity index (χ2v) is 14.6. The minimum absolute atomic E-state index is 0.155. The zero-order valence-corrected chi connectivity index (χ0v) is 30.7. The average molecular weight is 716 g/mol.